The molecule has 1 saturated heterocycles. The van der Waals surface area contributed by atoms with E-state index in [1.54, 1.807) is 0 Å². The summed E-state index contributed by atoms with van der Waals surface area (Å²) in [7, 11) is 0. The molecule has 0 aromatic carbocycles. The predicted molar refractivity (Wildman–Crippen MR) is 60.3 cm³/mol. The summed E-state index contributed by atoms with van der Waals surface area (Å²) < 4.78 is 0. The molecule has 1 heterocycles. The van der Waals surface area contributed by atoms with Crippen molar-refractivity contribution in [3.8, 4) is 0 Å². The summed E-state index contributed by atoms with van der Waals surface area (Å²) in [4.78, 5) is 13.9. The lowest BCUT2D eigenvalue weighted by Crippen LogP contribution is -2.39. The minimum atomic E-state index is 0.338. The van der Waals surface area contributed by atoms with Crippen LogP contribution < -0.4 is 5.73 Å². The molecule has 15 heavy (non-hydrogen) atoms. The third-order valence-electron chi connectivity index (χ3n) is 3.92. The van der Waals surface area contributed by atoms with Gasteiger partial charge in [-0.2, -0.15) is 0 Å². The quantitative estimate of drug-likeness (QED) is 0.748. The highest BCUT2D eigenvalue weighted by atomic mass is 16.2. The van der Waals surface area contributed by atoms with Gasteiger partial charge in [-0.15, -0.1) is 0 Å². The second kappa shape index (κ2) is 4.52. The average Bonchev–Trinajstić information content (AvgIpc) is 2.60. The minimum absolute atomic E-state index is 0.338. The third kappa shape index (κ3) is 2.33. The Bertz CT molecular complexity index is 242. The summed E-state index contributed by atoms with van der Waals surface area (Å²) in [6.45, 7) is 3.87. The van der Waals surface area contributed by atoms with Crippen molar-refractivity contribution < 1.29 is 4.79 Å². The molecule has 2 fully saturated rings. The molecule has 0 aromatic rings. The van der Waals surface area contributed by atoms with Gasteiger partial charge in [0.1, 0.15) is 0 Å². The molecule has 86 valence electrons. The average molecular weight is 210 g/mol. The van der Waals surface area contributed by atoms with Crippen LogP contribution >= 0.6 is 0 Å². The van der Waals surface area contributed by atoms with Crippen molar-refractivity contribution >= 4 is 5.91 Å². The smallest absolute Gasteiger partial charge is 0.223 e. The van der Waals surface area contributed by atoms with Crippen LogP contribution in [0.3, 0.4) is 0 Å². The number of hydrogen-bond acceptors (Lipinski definition) is 2. The fraction of sp³-hybridized carbons (Fsp3) is 0.917. The van der Waals surface area contributed by atoms with E-state index in [0.29, 0.717) is 30.8 Å². The van der Waals surface area contributed by atoms with Gasteiger partial charge in [0.2, 0.25) is 5.91 Å². The first kappa shape index (κ1) is 10.9. The predicted octanol–water partition coefficient (Wildman–Crippen LogP) is 1.37. The fourth-order valence-corrected chi connectivity index (χ4v) is 3.00. The first-order valence-electron chi connectivity index (χ1n) is 6.20. The second-order valence-corrected chi connectivity index (χ2v) is 5.28. The normalized spacial score (nSPS) is 37.3. The van der Waals surface area contributed by atoms with Crippen LogP contribution in [0.15, 0.2) is 0 Å². The molecule has 2 N–H and O–H groups in total. The minimum Gasteiger partial charge on any atom is -0.339 e. The number of nitrogens with two attached hydrogens (primary N) is 1. The summed E-state index contributed by atoms with van der Waals surface area (Å²) >= 11 is 0. The Kier molecular flexibility index (Phi) is 3.29. The monoisotopic (exact) mass is 210 g/mol. The zero-order valence-electron chi connectivity index (χ0n) is 9.61. The Morgan fingerprint density at radius 3 is 2.87 bits per heavy atom. The van der Waals surface area contributed by atoms with E-state index in [1.807, 2.05) is 0 Å². The molecule has 2 aliphatic rings. The lowest BCUT2D eigenvalue weighted by molar-refractivity contribution is -0.130. The Balaban J connectivity index is 1.95. The van der Waals surface area contributed by atoms with Gasteiger partial charge in [-0.25, -0.2) is 0 Å². The molecular weight excluding hydrogens is 188 g/mol. The van der Waals surface area contributed by atoms with Gasteiger partial charge >= 0.3 is 0 Å². The SMILES string of the molecule is CC1CCCC(N2CC(CN)CC2=O)C1. The van der Waals surface area contributed by atoms with Crippen LogP contribution in [0.5, 0.6) is 0 Å². The molecule has 1 amide bonds. The standard InChI is InChI=1S/C12H22N2O/c1-9-3-2-4-11(5-9)14-8-10(7-13)6-12(14)15/h9-11H,2-8,13H2,1H3. The van der Waals surface area contributed by atoms with Crippen LogP contribution in [0, 0.1) is 11.8 Å². The molecule has 3 nitrogen and oxygen atoms in total. The van der Waals surface area contributed by atoms with E-state index < -0.39 is 0 Å². The number of carbonyl (C=O) groups is 1. The summed E-state index contributed by atoms with van der Waals surface area (Å²) in [5.41, 5.74) is 5.64. The highest BCUT2D eigenvalue weighted by Crippen LogP contribution is 2.31. The molecule has 2 rings (SSSR count). The van der Waals surface area contributed by atoms with Gasteiger partial charge in [-0.05, 0) is 31.2 Å². The van der Waals surface area contributed by atoms with Crippen LogP contribution in [0.25, 0.3) is 0 Å². The van der Waals surface area contributed by atoms with Gasteiger partial charge in [0.05, 0.1) is 0 Å². The van der Waals surface area contributed by atoms with Gasteiger partial charge < -0.3 is 10.6 Å². The summed E-state index contributed by atoms with van der Waals surface area (Å²) in [5.74, 6) is 1.53. The Hall–Kier alpha value is -0.570. The van der Waals surface area contributed by atoms with Gasteiger partial charge in [0, 0.05) is 19.0 Å². The van der Waals surface area contributed by atoms with E-state index in [-0.39, 0.29) is 0 Å². The molecule has 1 saturated carbocycles. The van der Waals surface area contributed by atoms with E-state index in [0.717, 1.165) is 12.5 Å². The molecule has 3 unspecified atom stereocenters. The van der Waals surface area contributed by atoms with Crippen molar-refractivity contribution in [2.75, 3.05) is 13.1 Å². The van der Waals surface area contributed by atoms with E-state index in [2.05, 4.69) is 11.8 Å². The van der Waals surface area contributed by atoms with Crippen LogP contribution in [-0.2, 0) is 4.79 Å². The lowest BCUT2D eigenvalue weighted by Gasteiger charge is -2.34. The van der Waals surface area contributed by atoms with Crippen molar-refractivity contribution in [3.63, 3.8) is 0 Å². The zero-order valence-corrected chi connectivity index (χ0v) is 9.61. The van der Waals surface area contributed by atoms with Crippen LogP contribution in [0.2, 0.25) is 0 Å². The number of rotatable bonds is 2. The molecule has 1 aliphatic carbocycles. The summed E-state index contributed by atoms with van der Waals surface area (Å²) in [5, 5.41) is 0. The lowest BCUT2D eigenvalue weighted by atomic mass is 9.86. The Morgan fingerprint density at radius 2 is 2.27 bits per heavy atom. The van der Waals surface area contributed by atoms with Crippen molar-refractivity contribution in [1.82, 2.24) is 4.90 Å². The Morgan fingerprint density at radius 1 is 1.47 bits per heavy atom. The zero-order chi connectivity index (χ0) is 10.8. The maximum Gasteiger partial charge on any atom is 0.223 e. The first-order valence-corrected chi connectivity index (χ1v) is 6.20. The second-order valence-electron chi connectivity index (χ2n) is 5.28. The van der Waals surface area contributed by atoms with E-state index in [1.165, 1.54) is 25.7 Å². The molecule has 0 spiro atoms. The van der Waals surface area contributed by atoms with Crippen molar-refractivity contribution in [1.29, 1.82) is 0 Å². The van der Waals surface area contributed by atoms with Crippen molar-refractivity contribution in [3.05, 3.63) is 0 Å². The van der Waals surface area contributed by atoms with E-state index in [9.17, 15) is 4.79 Å². The van der Waals surface area contributed by atoms with Crippen LogP contribution in [0.4, 0.5) is 0 Å². The topological polar surface area (TPSA) is 46.3 Å². The third-order valence-corrected chi connectivity index (χ3v) is 3.92. The number of hydrogen-bond donors (Lipinski definition) is 1. The van der Waals surface area contributed by atoms with E-state index >= 15 is 0 Å². The largest absolute Gasteiger partial charge is 0.339 e. The highest BCUT2D eigenvalue weighted by Gasteiger charge is 2.35. The van der Waals surface area contributed by atoms with Gasteiger partial charge in [-0.3, -0.25) is 4.79 Å². The molecule has 3 heteroatoms. The van der Waals surface area contributed by atoms with Gasteiger partial charge in [0.25, 0.3) is 0 Å². The van der Waals surface area contributed by atoms with Crippen LogP contribution in [-0.4, -0.2) is 29.9 Å². The summed E-state index contributed by atoms with van der Waals surface area (Å²) in [6, 6.07) is 0.512. The van der Waals surface area contributed by atoms with Crippen molar-refractivity contribution in [2.45, 2.75) is 45.1 Å². The van der Waals surface area contributed by atoms with E-state index in [4.69, 9.17) is 5.73 Å². The number of carbonyl (C=O) groups excluding carboxylic acids is 1. The highest BCUT2D eigenvalue weighted by molar-refractivity contribution is 5.79. The van der Waals surface area contributed by atoms with Gasteiger partial charge in [0.15, 0.2) is 0 Å². The number of amides is 1. The van der Waals surface area contributed by atoms with Crippen LogP contribution in [0.1, 0.15) is 39.0 Å². The Labute approximate surface area is 92.0 Å². The molecule has 0 radical (unpaired) electrons. The molecule has 0 aromatic heterocycles. The maximum absolute atomic E-state index is 11.8. The molecule has 1 aliphatic heterocycles. The van der Waals surface area contributed by atoms with Crippen molar-refractivity contribution in [2.24, 2.45) is 17.6 Å². The maximum atomic E-state index is 11.8. The van der Waals surface area contributed by atoms with Gasteiger partial charge in [-0.1, -0.05) is 19.8 Å². The number of likely N-dealkylation sites (tertiary alicyclic amines) is 1. The first-order chi connectivity index (χ1) is 7.20. The molecule has 3 atom stereocenters. The number of nitrogens with zero attached hydrogens (tertiary/aromatic N) is 1. The summed E-state index contributed by atoms with van der Waals surface area (Å²) in [6.07, 6.45) is 5.69. The fourth-order valence-electron chi connectivity index (χ4n) is 3.00. The molecule has 0 bridgehead atoms. The molecular formula is C12H22N2O.